The number of halogens is 3. The summed E-state index contributed by atoms with van der Waals surface area (Å²) in [5, 5.41) is 2.83. The van der Waals surface area contributed by atoms with Crippen LogP contribution in [0.2, 0.25) is 0 Å². The van der Waals surface area contributed by atoms with Gasteiger partial charge in [-0.25, -0.2) is 13.4 Å². The molecule has 0 amide bonds. The number of benzene rings is 2. The van der Waals surface area contributed by atoms with Crippen LogP contribution in [0.1, 0.15) is 11.1 Å². The normalized spacial score (nSPS) is 15.6. The maximum Gasteiger partial charge on any atom is 0.573 e. The highest BCUT2D eigenvalue weighted by molar-refractivity contribution is 7.89. The number of alkyl halides is 3. The minimum atomic E-state index is -4.83. The van der Waals surface area contributed by atoms with Crippen LogP contribution in [0.3, 0.4) is 0 Å². The van der Waals surface area contributed by atoms with Crippen molar-refractivity contribution >= 4 is 26.5 Å². The molecule has 0 aliphatic carbocycles. The van der Waals surface area contributed by atoms with Gasteiger partial charge in [0.1, 0.15) is 5.75 Å². The number of hydrogen-bond donors (Lipinski definition) is 0. The molecule has 0 saturated carbocycles. The molecule has 11 heteroatoms. The molecule has 1 fully saturated rings. The zero-order valence-corrected chi connectivity index (χ0v) is 19.6. The Labute approximate surface area is 194 Å². The van der Waals surface area contributed by atoms with Crippen molar-refractivity contribution in [3.8, 4) is 17.0 Å². The van der Waals surface area contributed by atoms with Crippen molar-refractivity contribution in [1.82, 2.24) is 9.29 Å². The van der Waals surface area contributed by atoms with Crippen LogP contribution in [-0.4, -0.2) is 50.2 Å². The molecule has 1 aliphatic rings. The predicted molar refractivity (Wildman–Crippen MR) is 121 cm³/mol. The standard InChI is InChI=1S/C22H22F3N3O3S2/c1-15-11-16(2)13-17(12-15)20-14-32-21(26-20)27-7-9-28(10-8-27)33(29,30)19-5-3-18(4-6-19)31-22(23,24)25/h3-6,11-14H,7-10H2,1-2H3. The molecule has 1 aliphatic heterocycles. The molecule has 0 bridgehead atoms. The van der Waals surface area contributed by atoms with E-state index in [1.165, 1.54) is 15.6 Å². The van der Waals surface area contributed by atoms with Crippen LogP contribution in [0.5, 0.6) is 5.75 Å². The van der Waals surface area contributed by atoms with E-state index in [4.69, 9.17) is 4.98 Å². The van der Waals surface area contributed by atoms with Crippen molar-refractivity contribution < 1.29 is 26.3 Å². The number of aryl methyl sites for hydroxylation is 2. The predicted octanol–water partition coefficient (Wildman–Crippen LogP) is 4.84. The van der Waals surface area contributed by atoms with Crippen molar-refractivity contribution in [2.24, 2.45) is 0 Å². The second kappa shape index (κ2) is 8.96. The molecule has 3 aromatic rings. The highest BCUT2D eigenvalue weighted by atomic mass is 32.2. The monoisotopic (exact) mass is 497 g/mol. The SMILES string of the molecule is Cc1cc(C)cc(-c2csc(N3CCN(S(=O)(=O)c4ccc(OC(F)(F)F)cc4)CC3)n2)c1. The van der Waals surface area contributed by atoms with Crippen molar-refractivity contribution in [1.29, 1.82) is 0 Å². The third kappa shape index (κ3) is 5.48. The lowest BCUT2D eigenvalue weighted by atomic mass is 10.1. The molecule has 0 N–H and O–H groups in total. The van der Waals surface area contributed by atoms with Crippen LogP contribution in [0.15, 0.2) is 52.7 Å². The van der Waals surface area contributed by atoms with Crippen molar-refractivity contribution in [2.45, 2.75) is 25.1 Å². The number of anilines is 1. The molecule has 0 atom stereocenters. The number of hydrogen-bond acceptors (Lipinski definition) is 6. The third-order valence-corrected chi connectivity index (χ3v) is 8.03. The smallest absolute Gasteiger partial charge is 0.406 e. The van der Waals surface area contributed by atoms with Gasteiger partial charge in [0.15, 0.2) is 5.13 Å². The first kappa shape index (κ1) is 23.5. The van der Waals surface area contributed by atoms with E-state index in [1.807, 2.05) is 24.1 Å². The fourth-order valence-electron chi connectivity index (χ4n) is 3.75. The van der Waals surface area contributed by atoms with E-state index >= 15 is 0 Å². The Kier molecular flexibility index (Phi) is 6.39. The average Bonchev–Trinajstić information content (AvgIpc) is 3.23. The molecular weight excluding hydrogens is 475 g/mol. The number of sulfonamides is 1. The first-order valence-corrected chi connectivity index (χ1v) is 12.5. The Hall–Kier alpha value is -2.63. The van der Waals surface area contributed by atoms with Crippen LogP contribution < -0.4 is 9.64 Å². The number of piperazine rings is 1. The van der Waals surface area contributed by atoms with Gasteiger partial charge in [-0.1, -0.05) is 17.2 Å². The number of nitrogens with zero attached hydrogens (tertiary/aromatic N) is 3. The fourth-order valence-corrected chi connectivity index (χ4v) is 6.06. The minimum absolute atomic E-state index is 0.0724. The van der Waals surface area contributed by atoms with E-state index in [1.54, 1.807) is 0 Å². The summed E-state index contributed by atoms with van der Waals surface area (Å²) in [6, 6.07) is 10.5. The number of thiazole rings is 1. The second-order valence-corrected chi connectivity index (χ2v) is 10.6. The summed E-state index contributed by atoms with van der Waals surface area (Å²) in [6.07, 6.45) is -4.83. The van der Waals surface area contributed by atoms with Gasteiger partial charge >= 0.3 is 6.36 Å². The minimum Gasteiger partial charge on any atom is -0.406 e. The average molecular weight is 498 g/mol. The zero-order valence-electron chi connectivity index (χ0n) is 18.0. The lowest BCUT2D eigenvalue weighted by Crippen LogP contribution is -2.48. The van der Waals surface area contributed by atoms with Gasteiger partial charge in [0.2, 0.25) is 10.0 Å². The maximum atomic E-state index is 12.9. The van der Waals surface area contributed by atoms with Crippen molar-refractivity contribution in [3.05, 3.63) is 59.0 Å². The van der Waals surface area contributed by atoms with E-state index in [9.17, 15) is 21.6 Å². The molecule has 33 heavy (non-hydrogen) atoms. The molecule has 2 heterocycles. The molecular formula is C22H22F3N3O3S2. The van der Waals surface area contributed by atoms with Gasteiger partial charge in [-0.3, -0.25) is 0 Å². The van der Waals surface area contributed by atoms with E-state index in [0.717, 1.165) is 51.8 Å². The molecule has 1 aromatic heterocycles. The lowest BCUT2D eigenvalue weighted by Gasteiger charge is -2.33. The van der Waals surface area contributed by atoms with Gasteiger partial charge in [0.25, 0.3) is 0 Å². The molecule has 1 saturated heterocycles. The Morgan fingerprint density at radius 2 is 1.58 bits per heavy atom. The fraction of sp³-hybridized carbons (Fsp3) is 0.318. The summed E-state index contributed by atoms with van der Waals surface area (Å²) in [4.78, 5) is 6.71. The first-order valence-electron chi connectivity index (χ1n) is 10.2. The highest BCUT2D eigenvalue weighted by Gasteiger charge is 2.32. The summed E-state index contributed by atoms with van der Waals surface area (Å²) in [5.41, 5.74) is 4.26. The Bertz CT molecular complexity index is 1210. The van der Waals surface area contributed by atoms with Gasteiger partial charge < -0.3 is 9.64 Å². The Balaban J connectivity index is 1.42. The van der Waals surface area contributed by atoms with Gasteiger partial charge in [-0.2, -0.15) is 4.31 Å². The first-order chi connectivity index (χ1) is 15.5. The topological polar surface area (TPSA) is 62.7 Å². The summed E-state index contributed by atoms with van der Waals surface area (Å²) in [6.45, 7) is 5.52. The van der Waals surface area contributed by atoms with Crippen LogP contribution in [0.25, 0.3) is 11.3 Å². The summed E-state index contributed by atoms with van der Waals surface area (Å²) in [5.74, 6) is -0.463. The second-order valence-electron chi connectivity index (χ2n) is 7.80. The highest BCUT2D eigenvalue weighted by Crippen LogP contribution is 2.30. The van der Waals surface area contributed by atoms with E-state index in [0.29, 0.717) is 13.1 Å². The van der Waals surface area contributed by atoms with Gasteiger partial charge in [-0.05, 0) is 50.2 Å². The van der Waals surface area contributed by atoms with Crippen molar-refractivity contribution in [2.75, 3.05) is 31.1 Å². The van der Waals surface area contributed by atoms with Gasteiger partial charge in [0.05, 0.1) is 10.6 Å². The quantitative estimate of drug-likeness (QED) is 0.505. The molecule has 176 valence electrons. The third-order valence-electron chi connectivity index (χ3n) is 5.21. The molecule has 6 nitrogen and oxygen atoms in total. The molecule has 0 spiro atoms. The summed E-state index contributed by atoms with van der Waals surface area (Å²) < 4.78 is 67.9. The Morgan fingerprint density at radius 3 is 2.15 bits per heavy atom. The van der Waals surface area contributed by atoms with Gasteiger partial charge in [0, 0.05) is 37.1 Å². The van der Waals surface area contributed by atoms with Crippen LogP contribution >= 0.6 is 11.3 Å². The van der Waals surface area contributed by atoms with Crippen molar-refractivity contribution in [3.63, 3.8) is 0 Å². The lowest BCUT2D eigenvalue weighted by molar-refractivity contribution is -0.274. The Morgan fingerprint density at radius 1 is 0.970 bits per heavy atom. The number of aromatic nitrogens is 1. The van der Waals surface area contributed by atoms with E-state index in [-0.39, 0.29) is 18.0 Å². The summed E-state index contributed by atoms with van der Waals surface area (Å²) in [7, 11) is -3.82. The van der Waals surface area contributed by atoms with Crippen LogP contribution in [-0.2, 0) is 10.0 Å². The largest absolute Gasteiger partial charge is 0.573 e. The molecule has 0 unspecified atom stereocenters. The van der Waals surface area contributed by atoms with Crippen LogP contribution in [0, 0.1) is 13.8 Å². The van der Waals surface area contributed by atoms with E-state index in [2.05, 4.69) is 22.9 Å². The summed E-state index contributed by atoms with van der Waals surface area (Å²) >= 11 is 1.51. The molecule has 4 rings (SSSR count). The van der Waals surface area contributed by atoms with E-state index < -0.39 is 22.1 Å². The molecule has 0 radical (unpaired) electrons. The van der Waals surface area contributed by atoms with Crippen LogP contribution in [0.4, 0.5) is 18.3 Å². The number of rotatable bonds is 5. The van der Waals surface area contributed by atoms with Gasteiger partial charge in [-0.15, -0.1) is 24.5 Å². The maximum absolute atomic E-state index is 12.9. The zero-order chi connectivity index (χ0) is 23.8. The number of ether oxygens (including phenoxy) is 1. The molecule has 2 aromatic carbocycles.